The van der Waals surface area contributed by atoms with Crippen molar-refractivity contribution in [2.45, 2.75) is 32.1 Å². The van der Waals surface area contributed by atoms with Gasteiger partial charge in [0.1, 0.15) is 11.2 Å². The van der Waals surface area contributed by atoms with E-state index in [1.54, 1.807) is 0 Å². The number of fused-ring (bicyclic) bond motifs is 9. The maximum Gasteiger partial charge on any atom is 0.143 e. The predicted molar refractivity (Wildman–Crippen MR) is 281 cm³/mol. The quantitative estimate of drug-likeness (QED) is 0.159. The van der Waals surface area contributed by atoms with Crippen LogP contribution < -0.4 is 4.90 Å². The Morgan fingerprint density at radius 1 is 0.439 bits per heavy atom. The Morgan fingerprint density at radius 2 is 1.12 bits per heavy atom. The van der Waals surface area contributed by atoms with Crippen molar-refractivity contribution in [3.05, 3.63) is 235 Å². The third-order valence-electron chi connectivity index (χ3n) is 14.2. The predicted octanol–water partition coefficient (Wildman–Crippen LogP) is 18.2. The third-order valence-corrected chi connectivity index (χ3v) is 15.4. The van der Waals surface area contributed by atoms with Crippen molar-refractivity contribution in [2.24, 2.45) is 0 Å². The van der Waals surface area contributed by atoms with Crippen LogP contribution in [0.5, 0.6) is 0 Å². The van der Waals surface area contributed by atoms with Gasteiger partial charge < -0.3 is 9.32 Å². The number of thiophene rings is 1. The molecule has 314 valence electrons. The lowest BCUT2D eigenvalue weighted by molar-refractivity contribution is 0.660. The van der Waals surface area contributed by atoms with Crippen molar-refractivity contribution < 1.29 is 4.42 Å². The van der Waals surface area contributed by atoms with Crippen LogP contribution >= 0.6 is 11.3 Å². The zero-order valence-electron chi connectivity index (χ0n) is 36.9. The zero-order chi connectivity index (χ0) is 43.9. The smallest absolute Gasteiger partial charge is 0.143 e. The molecule has 2 heterocycles. The summed E-state index contributed by atoms with van der Waals surface area (Å²) in [5.74, 6) is 0. The second-order valence-corrected chi connectivity index (χ2v) is 19.4. The second-order valence-electron chi connectivity index (χ2n) is 18.4. The molecular formula is C63H45NOS. The highest BCUT2D eigenvalue weighted by Crippen LogP contribution is 2.51. The van der Waals surface area contributed by atoms with Gasteiger partial charge in [-0.3, -0.25) is 0 Å². The molecule has 0 N–H and O–H groups in total. The molecule has 66 heavy (non-hydrogen) atoms. The van der Waals surface area contributed by atoms with Crippen LogP contribution in [0.1, 0.15) is 43.4 Å². The number of hydrogen-bond donors (Lipinski definition) is 0. The number of hydrogen-bond acceptors (Lipinski definition) is 3. The van der Waals surface area contributed by atoms with Gasteiger partial charge in [0.2, 0.25) is 0 Å². The van der Waals surface area contributed by atoms with Gasteiger partial charge in [-0.1, -0.05) is 166 Å². The fourth-order valence-corrected chi connectivity index (χ4v) is 12.0. The average molecular weight is 864 g/mol. The summed E-state index contributed by atoms with van der Waals surface area (Å²) in [7, 11) is 0. The summed E-state index contributed by atoms with van der Waals surface area (Å²) in [5, 5.41) is 5.00. The van der Waals surface area contributed by atoms with Gasteiger partial charge in [-0.25, -0.2) is 0 Å². The fourth-order valence-electron chi connectivity index (χ4n) is 10.9. The van der Waals surface area contributed by atoms with Crippen molar-refractivity contribution >= 4 is 70.4 Å². The Balaban J connectivity index is 0.907. The summed E-state index contributed by atoms with van der Waals surface area (Å²) in [6, 6.07) is 73.5. The molecule has 2 nitrogen and oxygen atoms in total. The molecule has 2 aliphatic rings. The molecule has 0 amide bonds. The molecule has 0 aliphatic heterocycles. The number of furan rings is 1. The molecule has 0 atom stereocenters. The van der Waals surface area contributed by atoms with E-state index >= 15 is 0 Å². The summed E-state index contributed by atoms with van der Waals surface area (Å²) in [6.07, 6.45) is 6.59. The number of benzene rings is 9. The molecule has 2 aromatic heterocycles. The minimum absolute atomic E-state index is 0.101. The molecule has 3 heteroatoms. The number of anilines is 2. The Bertz CT molecular complexity index is 3790. The highest BCUT2D eigenvalue weighted by Gasteiger charge is 2.36. The van der Waals surface area contributed by atoms with Gasteiger partial charge in [-0.2, -0.15) is 0 Å². The molecular weight excluding hydrogens is 819 g/mol. The van der Waals surface area contributed by atoms with Gasteiger partial charge in [-0.05, 0) is 135 Å². The van der Waals surface area contributed by atoms with Gasteiger partial charge in [0, 0.05) is 59.0 Å². The van der Waals surface area contributed by atoms with Crippen LogP contribution in [-0.2, 0) is 5.41 Å². The van der Waals surface area contributed by atoms with E-state index in [0.29, 0.717) is 0 Å². The monoisotopic (exact) mass is 863 g/mol. The summed E-state index contributed by atoms with van der Waals surface area (Å²) in [4.78, 5) is 2.47. The first-order valence-electron chi connectivity index (χ1n) is 23.0. The number of rotatable bonds is 7. The van der Waals surface area contributed by atoms with Crippen molar-refractivity contribution in [3.63, 3.8) is 0 Å². The molecule has 0 fully saturated rings. The lowest BCUT2D eigenvalue weighted by Gasteiger charge is -2.30. The van der Waals surface area contributed by atoms with Gasteiger partial charge in [0.05, 0.1) is 0 Å². The van der Waals surface area contributed by atoms with Gasteiger partial charge >= 0.3 is 0 Å². The van der Waals surface area contributed by atoms with E-state index in [1.165, 1.54) is 81.5 Å². The largest absolute Gasteiger partial charge is 0.455 e. The summed E-state index contributed by atoms with van der Waals surface area (Å²) < 4.78 is 9.17. The molecule has 0 radical (unpaired) electrons. The van der Waals surface area contributed by atoms with Crippen molar-refractivity contribution in [1.29, 1.82) is 0 Å². The van der Waals surface area contributed by atoms with E-state index < -0.39 is 0 Å². The van der Waals surface area contributed by atoms with Crippen LogP contribution in [0.25, 0.3) is 92.2 Å². The molecule has 0 unspecified atom stereocenters. The molecule has 13 rings (SSSR count). The van der Waals surface area contributed by atoms with Gasteiger partial charge in [0.15, 0.2) is 0 Å². The minimum Gasteiger partial charge on any atom is -0.455 e. The average Bonchev–Trinajstić information content (AvgIpc) is 4.02. The van der Waals surface area contributed by atoms with Crippen LogP contribution in [0.15, 0.2) is 222 Å². The van der Waals surface area contributed by atoms with Crippen molar-refractivity contribution in [1.82, 2.24) is 0 Å². The zero-order valence-corrected chi connectivity index (χ0v) is 37.7. The molecule has 9 aromatic carbocycles. The van der Waals surface area contributed by atoms with Crippen molar-refractivity contribution in [3.8, 4) is 44.5 Å². The SMILES string of the molecule is CC1(C)c2ccc(-c3cccc(N(C4=CC=C(c5cccc6sc7ccccc7c56)CC4)c4ccc(-c5cccc6c5oc5ccccc56)cc4)c3)cc2-c2ccc(-c3ccccc3)cc21. The highest BCUT2D eigenvalue weighted by molar-refractivity contribution is 7.25. The van der Waals surface area contributed by atoms with Crippen LogP contribution in [0.2, 0.25) is 0 Å². The molecule has 2 aliphatic carbocycles. The highest BCUT2D eigenvalue weighted by atomic mass is 32.1. The van der Waals surface area contributed by atoms with Crippen LogP contribution in [-0.4, -0.2) is 0 Å². The topological polar surface area (TPSA) is 16.4 Å². The van der Waals surface area contributed by atoms with E-state index in [2.05, 4.69) is 225 Å². The fraction of sp³-hybridized carbons (Fsp3) is 0.0794. The second kappa shape index (κ2) is 15.2. The Kier molecular flexibility index (Phi) is 8.91. The maximum atomic E-state index is 6.48. The van der Waals surface area contributed by atoms with E-state index in [0.717, 1.165) is 57.3 Å². The number of nitrogens with zero attached hydrogens (tertiary/aromatic N) is 1. The Morgan fingerprint density at radius 3 is 1.98 bits per heavy atom. The van der Waals surface area contributed by atoms with Crippen LogP contribution in [0.3, 0.4) is 0 Å². The summed E-state index contributed by atoms with van der Waals surface area (Å²) >= 11 is 1.89. The first-order valence-corrected chi connectivity index (χ1v) is 23.8. The third kappa shape index (κ3) is 6.22. The van der Waals surface area contributed by atoms with E-state index in [9.17, 15) is 0 Å². The number of allylic oxidation sites excluding steroid dienone is 4. The Hall–Kier alpha value is -7.72. The molecule has 0 spiro atoms. The summed E-state index contributed by atoms with van der Waals surface area (Å²) in [5.41, 5.74) is 20.6. The number of para-hydroxylation sites is 2. The molecule has 0 saturated heterocycles. The molecule has 0 saturated carbocycles. The van der Waals surface area contributed by atoms with Gasteiger partial charge in [0.25, 0.3) is 0 Å². The summed E-state index contributed by atoms with van der Waals surface area (Å²) in [6.45, 7) is 4.74. The van der Waals surface area contributed by atoms with Gasteiger partial charge in [-0.15, -0.1) is 11.3 Å². The molecule has 0 bridgehead atoms. The maximum absolute atomic E-state index is 6.48. The van der Waals surface area contributed by atoms with E-state index in [-0.39, 0.29) is 5.41 Å². The van der Waals surface area contributed by atoms with E-state index in [4.69, 9.17) is 4.42 Å². The van der Waals surface area contributed by atoms with Crippen LogP contribution in [0, 0.1) is 0 Å². The lowest BCUT2D eigenvalue weighted by Crippen LogP contribution is -2.18. The molecule has 11 aromatic rings. The van der Waals surface area contributed by atoms with Crippen LogP contribution in [0.4, 0.5) is 11.4 Å². The minimum atomic E-state index is -0.101. The van der Waals surface area contributed by atoms with E-state index in [1.807, 2.05) is 17.4 Å². The first kappa shape index (κ1) is 38.7. The van der Waals surface area contributed by atoms with Crippen molar-refractivity contribution in [2.75, 3.05) is 4.90 Å². The standard InChI is InChI=1S/C63H45NOS/c1-63(2)56-36-30-44(38-55(56)51-35-29-45(39-57(51)63)40-13-4-3-5-14-40)43-15-10-16-48(37-43)64(46-31-25-41(26-32-46)49-19-12-24-60-61(49)54-18-7-9-23-59(54)66-60)47-33-27-42(28-34-47)50-20-11-21-53-52-17-6-8-22-58(52)65-62(50)53/h3-25,27-31,33-39H,26,32H2,1-2H3. The lowest BCUT2D eigenvalue weighted by atomic mass is 9.81. The normalized spacial score (nSPS) is 14.1. The Labute approximate surface area is 389 Å². The first-order chi connectivity index (χ1) is 32.5.